The van der Waals surface area contributed by atoms with Gasteiger partial charge in [0, 0.05) is 24.5 Å². The Morgan fingerprint density at radius 3 is 2.76 bits per heavy atom. The molecule has 0 bridgehead atoms. The van der Waals surface area contributed by atoms with Crippen LogP contribution in [0.25, 0.3) is 5.52 Å². The molecule has 0 aromatic carbocycles. The lowest BCUT2D eigenvalue weighted by Gasteiger charge is -2.06. The van der Waals surface area contributed by atoms with E-state index in [9.17, 15) is 0 Å². The van der Waals surface area contributed by atoms with Crippen LogP contribution in [0.15, 0.2) is 29.4 Å². The van der Waals surface area contributed by atoms with E-state index >= 15 is 0 Å². The third-order valence-corrected chi connectivity index (χ3v) is 3.01. The number of hydrogen-bond donors (Lipinski definition) is 0. The predicted octanol–water partition coefficient (Wildman–Crippen LogP) is 3.29. The van der Waals surface area contributed by atoms with Gasteiger partial charge in [-0.1, -0.05) is 26.8 Å². The van der Waals surface area contributed by atoms with E-state index in [1.165, 1.54) is 5.56 Å². The minimum atomic E-state index is 0.410. The predicted molar refractivity (Wildman–Crippen MR) is 72.0 cm³/mol. The van der Waals surface area contributed by atoms with Crippen molar-refractivity contribution in [3.63, 3.8) is 0 Å². The molecule has 2 heterocycles. The molecule has 3 heteroatoms. The fourth-order valence-electron chi connectivity index (χ4n) is 2.16. The van der Waals surface area contributed by atoms with Crippen LogP contribution >= 0.6 is 0 Å². The standard InChI is InChI=1S/C14H19N3/c1-5-11(15-4)13-12-8-6-7-9-17(12)16-14(13)10(2)3/h6-10H,5H2,1-4H3. The van der Waals surface area contributed by atoms with Gasteiger partial charge in [0.05, 0.1) is 11.2 Å². The monoisotopic (exact) mass is 229 g/mol. The van der Waals surface area contributed by atoms with E-state index in [1.54, 1.807) is 0 Å². The molecule has 2 aromatic rings. The second kappa shape index (κ2) is 4.70. The summed E-state index contributed by atoms with van der Waals surface area (Å²) in [5, 5.41) is 4.66. The normalized spacial score (nSPS) is 12.6. The highest BCUT2D eigenvalue weighted by Gasteiger charge is 2.18. The third kappa shape index (κ3) is 1.97. The van der Waals surface area contributed by atoms with E-state index in [1.807, 2.05) is 29.9 Å². The zero-order valence-electron chi connectivity index (χ0n) is 10.9. The number of nitrogens with zero attached hydrogens (tertiary/aromatic N) is 3. The number of pyridine rings is 1. The van der Waals surface area contributed by atoms with Crippen molar-refractivity contribution >= 4 is 11.2 Å². The molecule has 3 nitrogen and oxygen atoms in total. The van der Waals surface area contributed by atoms with Crippen molar-refractivity contribution < 1.29 is 0 Å². The Hall–Kier alpha value is -1.64. The van der Waals surface area contributed by atoms with E-state index in [-0.39, 0.29) is 0 Å². The van der Waals surface area contributed by atoms with E-state index in [2.05, 4.69) is 36.9 Å². The summed E-state index contributed by atoms with van der Waals surface area (Å²) >= 11 is 0. The molecule has 0 amide bonds. The lowest BCUT2D eigenvalue weighted by Crippen LogP contribution is -2.03. The molecule has 0 spiro atoms. The Morgan fingerprint density at radius 2 is 2.18 bits per heavy atom. The van der Waals surface area contributed by atoms with Crippen LogP contribution in [0.2, 0.25) is 0 Å². The van der Waals surface area contributed by atoms with Crippen molar-refractivity contribution in [1.29, 1.82) is 0 Å². The number of aromatic nitrogens is 2. The van der Waals surface area contributed by atoms with E-state index in [0.717, 1.165) is 23.3 Å². The summed E-state index contributed by atoms with van der Waals surface area (Å²) in [5.74, 6) is 0.410. The Bertz CT molecular complexity index is 550. The first kappa shape index (κ1) is 11.8. The van der Waals surface area contributed by atoms with Gasteiger partial charge in [-0.2, -0.15) is 5.10 Å². The molecule has 0 N–H and O–H groups in total. The van der Waals surface area contributed by atoms with E-state index in [0.29, 0.717) is 5.92 Å². The molecule has 0 aliphatic rings. The summed E-state index contributed by atoms with van der Waals surface area (Å²) in [7, 11) is 1.86. The first-order chi connectivity index (χ1) is 8.19. The van der Waals surface area contributed by atoms with E-state index in [4.69, 9.17) is 0 Å². The molecular weight excluding hydrogens is 210 g/mol. The van der Waals surface area contributed by atoms with Crippen LogP contribution in [-0.2, 0) is 0 Å². The number of fused-ring (bicyclic) bond motifs is 1. The van der Waals surface area contributed by atoms with Gasteiger partial charge in [-0.25, -0.2) is 4.52 Å². The Kier molecular flexibility index (Phi) is 3.27. The van der Waals surface area contributed by atoms with Crippen molar-refractivity contribution in [2.24, 2.45) is 4.99 Å². The summed E-state index contributed by atoms with van der Waals surface area (Å²) in [4.78, 5) is 4.41. The average molecular weight is 229 g/mol. The largest absolute Gasteiger partial charge is 0.292 e. The molecule has 90 valence electrons. The summed E-state index contributed by atoms with van der Waals surface area (Å²) in [6.07, 6.45) is 2.93. The smallest absolute Gasteiger partial charge is 0.0755 e. The second-order valence-corrected chi connectivity index (χ2v) is 4.47. The first-order valence-electron chi connectivity index (χ1n) is 6.12. The van der Waals surface area contributed by atoms with Crippen LogP contribution in [0.4, 0.5) is 0 Å². The molecular formula is C14H19N3. The Labute approximate surface area is 102 Å². The highest BCUT2D eigenvalue weighted by atomic mass is 15.2. The lowest BCUT2D eigenvalue weighted by molar-refractivity contribution is 0.786. The van der Waals surface area contributed by atoms with Crippen molar-refractivity contribution in [1.82, 2.24) is 9.61 Å². The quantitative estimate of drug-likeness (QED) is 0.743. The second-order valence-electron chi connectivity index (χ2n) is 4.47. The van der Waals surface area contributed by atoms with Gasteiger partial charge < -0.3 is 0 Å². The zero-order valence-corrected chi connectivity index (χ0v) is 10.9. The maximum atomic E-state index is 4.66. The summed E-state index contributed by atoms with van der Waals surface area (Å²) in [6, 6.07) is 6.16. The fraction of sp³-hybridized carbons (Fsp3) is 0.429. The van der Waals surface area contributed by atoms with Crippen molar-refractivity contribution in [3.05, 3.63) is 35.7 Å². The van der Waals surface area contributed by atoms with Gasteiger partial charge in [0.2, 0.25) is 0 Å². The van der Waals surface area contributed by atoms with Crippen LogP contribution in [0.1, 0.15) is 44.4 Å². The molecule has 0 aliphatic carbocycles. The molecule has 2 rings (SSSR count). The highest BCUT2D eigenvalue weighted by Crippen LogP contribution is 2.24. The van der Waals surface area contributed by atoms with Crippen LogP contribution < -0.4 is 0 Å². The highest BCUT2D eigenvalue weighted by molar-refractivity contribution is 6.07. The SMILES string of the molecule is CCC(=NC)c1c(C(C)C)nn2ccccc12. The third-order valence-electron chi connectivity index (χ3n) is 3.01. The van der Waals surface area contributed by atoms with Gasteiger partial charge in [-0.05, 0) is 24.5 Å². The molecule has 17 heavy (non-hydrogen) atoms. The summed E-state index contributed by atoms with van der Waals surface area (Å²) in [5.41, 5.74) is 4.64. The minimum Gasteiger partial charge on any atom is -0.292 e. The summed E-state index contributed by atoms with van der Waals surface area (Å²) < 4.78 is 1.95. The van der Waals surface area contributed by atoms with Gasteiger partial charge in [-0.15, -0.1) is 0 Å². The van der Waals surface area contributed by atoms with Crippen LogP contribution in [0.3, 0.4) is 0 Å². The van der Waals surface area contributed by atoms with Crippen LogP contribution in [0, 0.1) is 0 Å². The fourth-order valence-corrected chi connectivity index (χ4v) is 2.16. The maximum absolute atomic E-state index is 4.66. The number of hydrogen-bond acceptors (Lipinski definition) is 2. The van der Waals surface area contributed by atoms with Gasteiger partial charge in [0.15, 0.2) is 0 Å². The number of rotatable bonds is 3. The molecule has 0 fully saturated rings. The van der Waals surface area contributed by atoms with Crippen molar-refractivity contribution in [3.8, 4) is 0 Å². The molecule has 0 unspecified atom stereocenters. The van der Waals surface area contributed by atoms with Crippen LogP contribution in [0.5, 0.6) is 0 Å². The average Bonchev–Trinajstić information content (AvgIpc) is 2.71. The molecule has 0 aliphatic heterocycles. The lowest BCUT2D eigenvalue weighted by atomic mass is 9.99. The zero-order chi connectivity index (χ0) is 12.4. The Morgan fingerprint density at radius 1 is 1.41 bits per heavy atom. The van der Waals surface area contributed by atoms with Gasteiger partial charge in [0.1, 0.15) is 0 Å². The molecule has 0 radical (unpaired) electrons. The first-order valence-corrected chi connectivity index (χ1v) is 6.12. The molecule has 2 aromatic heterocycles. The molecule has 0 saturated heterocycles. The topological polar surface area (TPSA) is 29.7 Å². The number of aliphatic imine (C=N–C) groups is 1. The van der Waals surface area contributed by atoms with Gasteiger partial charge in [-0.3, -0.25) is 4.99 Å². The van der Waals surface area contributed by atoms with Gasteiger partial charge >= 0.3 is 0 Å². The Balaban J connectivity index is 2.76. The molecule has 0 atom stereocenters. The minimum absolute atomic E-state index is 0.410. The van der Waals surface area contributed by atoms with E-state index < -0.39 is 0 Å². The molecule has 0 saturated carbocycles. The van der Waals surface area contributed by atoms with Crippen molar-refractivity contribution in [2.45, 2.75) is 33.1 Å². The summed E-state index contributed by atoms with van der Waals surface area (Å²) in [6.45, 7) is 6.49. The van der Waals surface area contributed by atoms with Crippen LogP contribution in [-0.4, -0.2) is 22.4 Å². The maximum Gasteiger partial charge on any atom is 0.0755 e. The van der Waals surface area contributed by atoms with Crippen molar-refractivity contribution in [2.75, 3.05) is 7.05 Å². The van der Waals surface area contributed by atoms with Gasteiger partial charge in [0.25, 0.3) is 0 Å².